The average Bonchev–Trinajstić information content (AvgIpc) is 2.78. The number of aliphatic hydroxyl groups is 2. The number of carbonyl (C=O) groups excluding carboxylic acids is 2. The van der Waals surface area contributed by atoms with Crippen molar-refractivity contribution >= 4 is 33.4 Å². The van der Waals surface area contributed by atoms with E-state index in [1.54, 1.807) is 31.2 Å². The number of aromatic hydroxyl groups is 1. The first-order valence-corrected chi connectivity index (χ1v) is 10.8. The summed E-state index contributed by atoms with van der Waals surface area (Å²) in [5.41, 5.74) is 1.75. The van der Waals surface area contributed by atoms with E-state index in [1.807, 2.05) is 24.3 Å². The second-order valence-corrected chi connectivity index (χ2v) is 8.42. The van der Waals surface area contributed by atoms with Gasteiger partial charge in [-0.1, -0.05) is 28.1 Å². The van der Waals surface area contributed by atoms with Gasteiger partial charge >= 0.3 is 0 Å². The van der Waals surface area contributed by atoms with Gasteiger partial charge in [-0.05, 0) is 48.9 Å². The van der Waals surface area contributed by atoms with Crippen LogP contribution in [0.5, 0.6) is 5.75 Å². The molecule has 0 aliphatic carbocycles. The summed E-state index contributed by atoms with van der Waals surface area (Å²) in [6, 6.07) is 13.7. The standard InChI is InChI=1S/C22H26BrN3O5/c1-14(15-2-4-16(23)5-3-15)24-21(30)19(28)20(29)22(31)26-12-10-25(11-13-26)17-6-8-18(27)9-7-17/h2-9,14,19-20,27-29H,10-13H2,1H3,(H,24,30)/t14-,19-,20-/m1/s1. The lowest BCUT2D eigenvalue weighted by atomic mass is 10.1. The number of nitrogens with one attached hydrogen (secondary N) is 1. The van der Waals surface area contributed by atoms with Gasteiger partial charge in [-0.3, -0.25) is 9.59 Å². The molecule has 8 nitrogen and oxygen atoms in total. The van der Waals surface area contributed by atoms with Crippen LogP contribution < -0.4 is 10.2 Å². The highest BCUT2D eigenvalue weighted by atomic mass is 79.9. The predicted octanol–water partition coefficient (Wildman–Crippen LogP) is 1.40. The average molecular weight is 492 g/mol. The summed E-state index contributed by atoms with van der Waals surface area (Å²) in [4.78, 5) is 28.5. The Kier molecular flexibility index (Phi) is 7.53. The van der Waals surface area contributed by atoms with Crippen molar-refractivity contribution in [3.8, 4) is 5.75 Å². The Hall–Kier alpha value is -2.62. The molecule has 1 heterocycles. The first kappa shape index (κ1) is 23.1. The molecule has 0 radical (unpaired) electrons. The number of amides is 2. The third-order valence-electron chi connectivity index (χ3n) is 5.36. The molecule has 31 heavy (non-hydrogen) atoms. The summed E-state index contributed by atoms with van der Waals surface area (Å²) < 4.78 is 0.904. The molecular weight excluding hydrogens is 466 g/mol. The van der Waals surface area contributed by atoms with Crippen LogP contribution in [0.25, 0.3) is 0 Å². The van der Waals surface area contributed by atoms with Gasteiger partial charge in [0.15, 0.2) is 12.2 Å². The van der Waals surface area contributed by atoms with Gasteiger partial charge in [0.05, 0.1) is 6.04 Å². The van der Waals surface area contributed by atoms with E-state index < -0.39 is 30.1 Å². The molecule has 0 aromatic heterocycles. The molecule has 3 rings (SSSR count). The van der Waals surface area contributed by atoms with Gasteiger partial charge in [0.2, 0.25) is 0 Å². The van der Waals surface area contributed by atoms with E-state index in [4.69, 9.17) is 0 Å². The lowest BCUT2D eigenvalue weighted by Crippen LogP contribution is -2.55. The van der Waals surface area contributed by atoms with Gasteiger partial charge in [0, 0.05) is 36.3 Å². The fourth-order valence-electron chi connectivity index (χ4n) is 3.45. The van der Waals surface area contributed by atoms with Crippen molar-refractivity contribution in [2.45, 2.75) is 25.2 Å². The molecule has 9 heteroatoms. The van der Waals surface area contributed by atoms with Crippen molar-refractivity contribution < 1.29 is 24.9 Å². The summed E-state index contributed by atoms with van der Waals surface area (Å²) in [6.45, 7) is 3.52. The van der Waals surface area contributed by atoms with Crippen molar-refractivity contribution in [1.29, 1.82) is 0 Å². The zero-order valence-corrected chi connectivity index (χ0v) is 18.7. The Bertz CT molecular complexity index is 898. The minimum absolute atomic E-state index is 0.183. The smallest absolute Gasteiger partial charge is 0.254 e. The molecule has 3 atom stereocenters. The number of benzene rings is 2. The fourth-order valence-corrected chi connectivity index (χ4v) is 3.71. The molecule has 1 aliphatic rings. The van der Waals surface area contributed by atoms with Crippen molar-refractivity contribution in [3.05, 3.63) is 58.6 Å². The van der Waals surface area contributed by atoms with E-state index in [0.717, 1.165) is 15.7 Å². The molecule has 1 aliphatic heterocycles. The Morgan fingerprint density at radius 1 is 0.935 bits per heavy atom. The number of hydrogen-bond acceptors (Lipinski definition) is 6. The van der Waals surface area contributed by atoms with E-state index >= 15 is 0 Å². The number of nitrogens with zero attached hydrogens (tertiary/aromatic N) is 2. The summed E-state index contributed by atoms with van der Waals surface area (Å²) >= 11 is 3.35. The number of aliphatic hydroxyl groups excluding tert-OH is 2. The van der Waals surface area contributed by atoms with E-state index in [0.29, 0.717) is 26.2 Å². The molecular formula is C22H26BrN3O5. The molecule has 2 aromatic rings. The molecule has 2 amide bonds. The van der Waals surface area contributed by atoms with Crippen LogP contribution in [-0.2, 0) is 9.59 Å². The highest BCUT2D eigenvalue weighted by Gasteiger charge is 2.35. The fraction of sp³-hybridized carbons (Fsp3) is 0.364. The molecule has 4 N–H and O–H groups in total. The second-order valence-electron chi connectivity index (χ2n) is 7.50. The minimum Gasteiger partial charge on any atom is -0.508 e. The Morgan fingerprint density at radius 3 is 2.10 bits per heavy atom. The van der Waals surface area contributed by atoms with E-state index in [-0.39, 0.29) is 5.75 Å². The van der Waals surface area contributed by atoms with Crippen LogP contribution in [0.1, 0.15) is 18.5 Å². The first-order chi connectivity index (χ1) is 14.8. The summed E-state index contributed by atoms with van der Waals surface area (Å²) in [5.74, 6) is -1.30. The van der Waals surface area contributed by atoms with Crippen molar-refractivity contribution in [1.82, 2.24) is 10.2 Å². The van der Waals surface area contributed by atoms with Gasteiger partial charge in [-0.2, -0.15) is 0 Å². The maximum absolute atomic E-state index is 12.6. The van der Waals surface area contributed by atoms with Crippen LogP contribution >= 0.6 is 15.9 Å². The minimum atomic E-state index is -1.86. The number of phenolic OH excluding ortho intramolecular Hbond substituents is 1. The second kappa shape index (κ2) is 10.1. The van der Waals surface area contributed by atoms with Crippen molar-refractivity contribution in [3.63, 3.8) is 0 Å². The van der Waals surface area contributed by atoms with Crippen molar-refractivity contribution in [2.24, 2.45) is 0 Å². The maximum Gasteiger partial charge on any atom is 0.254 e. The number of hydrogen-bond donors (Lipinski definition) is 4. The van der Waals surface area contributed by atoms with Gasteiger partial charge in [0.25, 0.3) is 11.8 Å². The van der Waals surface area contributed by atoms with Crippen LogP contribution in [0, 0.1) is 0 Å². The van der Waals surface area contributed by atoms with Gasteiger partial charge in [0.1, 0.15) is 5.75 Å². The molecule has 0 spiro atoms. The van der Waals surface area contributed by atoms with E-state index in [2.05, 4.69) is 26.1 Å². The lowest BCUT2D eigenvalue weighted by Gasteiger charge is -2.37. The number of phenols is 1. The molecule has 0 unspecified atom stereocenters. The summed E-state index contributed by atoms with van der Waals surface area (Å²) in [6.07, 6.45) is -3.70. The third kappa shape index (κ3) is 5.75. The quantitative estimate of drug-likeness (QED) is 0.485. The normalized spacial score (nSPS) is 17.0. The number of halogens is 1. The SMILES string of the molecule is C[C@@H](NC(=O)[C@H](O)[C@@H](O)C(=O)N1CCN(c2ccc(O)cc2)CC1)c1ccc(Br)cc1. The van der Waals surface area contributed by atoms with Crippen LogP contribution in [0.15, 0.2) is 53.0 Å². The van der Waals surface area contributed by atoms with E-state index in [9.17, 15) is 24.9 Å². The summed E-state index contributed by atoms with van der Waals surface area (Å²) in [5, 5.41) is 32.5. The van der Waals surface area contributed by atoms with Crippen LogP contribution in [0.4, 0.5) is 5.69 Å². The van der Waals surface area contributed by atoms with Crippen molar-refractivity contribution in [2.75, 3.05) is 31.1 Å². The van der Waals surface area contributed by atoms with Gasteiger partial charge < -0.3 is 30.4 Å². The summed E-state index contributed by atoms with van der Waals surface area (Å²) in [7, 11) is 0. The Morgan fingerprint density at radius 2 is 1.52 bits per heavy atom. The lowest BCUT2D eigenvalue weighted by molar-refractivity contribution is -0.153. The van der Waals surface area contributed by atoms with Crippen LogP contribution in [0.3, 0.4) is 0 Å². The number of carbonyl (C=O) groups is 2. The molecule has 0 bridgehead atoms. The molecule has 2 aromatic carbocycles. The predicted molar refractivity (Wildman–Crippen MR) is 120 cm³/mol. The third-order valence-corrected chi connectivity index (χ3v) is 5.88. The highest BCUT2D eigenvalue weighted by Crippen LogP contribution is 2.20. The van der Waals surface area contributed by atoms with Crippen LogP contribution in [-0.4, -0.2) is 70.4 Å². The maximum atomic E-state index is 12.6. The van der Waals surface area contributed by atoms with Crippen LogP contribution in [0.2, 0.25) is 0 Å². The Labute approximate surface area is 189 Å². The largest absolute Gasteiger partial charge is 0.508 e. The highest BCUT2D eigenvalue weighted by molar-refractivity contribution is 9.10. The Balaban J connectivity index is 1.52. The number of anilines is 1. The zero-order chi connectivity index (χ0) is 22.5. The van der Waals surface area contributed by atoms with Gasteiger partial charge in [-0.15, -0.1) is 0 Å². The zero-order valence-electron chi connectivity index (χ0n) is 17.1. The molecule has 0 saturated carbocycles. The number of rotatable bonds is 6. The van der Waals surface area contributed by atoms with E-state index in [1.165, 1.54) is 4.90 Å². The topological polar surface area (TPSA) is 113 Å². The molecule has 1 fully saturated rings. The monoisotopic (exact) mass is 491 g/mol. The number of piperazine rings is 1. The molecule has 1 saturated heterocycles. The molecule has 166 valence electrons. The first-order valence-electron chi connectivity index (χ1n) is 10.0. The van der Waals surface area contributed by atoms with Gasteiger partial charge in [-0.25, -0.2) is 0 Å².